The summed E-state index contributed by atoms with van der Waals surface area (Å²) in [6, 6.07) is 11.4. The molecular weight excluding hydrogens is 376 g/mol. The number of amides is 1. The summed E-state index contributed by atoms with van der Waals surface area (Å²) in [5.74, 6) is 0.443. The molecule has 0 aromatic heterocycles. The lowest BCUT2D eigenvalue weighted by atomic mass is 10.1. The highest BCUT2D eigenvalue weighted by Crippen LogP contribution is 2.28. The lowest BCUT2D eigenvalue weighted by Crippen LogP contribution is -2.41. The number of hydrogen-bond acceptors (Lipinski definition) is 4. The van der Waals surface area contributed by atoms with Gasteiger partial charge in [0.05, 0.1) is 19.1 Å². The average Bonchev–Trinajstić information content (AvgIpc) is 2.60. The maximum atomic E-state index is 12.4. The summed E-state index contributed by atoms with van der Waals surface area (Å²) < 4.78 is 31.0. The highest BCUT2D eigenvalue weighted by atomic mass is 32.2. The molecule has 0 aliphatic rings. The maximum absolute atomic E-state index is 12.4. The molecule has 0 radical (unpaired) electrons. The van der Waals surface area contributed by atoms with Crippen molar-refractivity contribution in [2.45, 2.75) is 27.2 Å². The molecule has 0 saturated heterocycles. The average molecular weight is 405 g/mol. The molecule has 152 valence electrons. The highest BCUT2D eigenvalue weighted by Gasteiger charge is 2.24. The van der Waals surface area contributed by atoms with E-state index in [1.807, 2.05) is 57.2 Å². The van der Waals surface area contributed by atoms with Gasteiger partial charge in [-0.3, -0.25) is 9.10 Å². The standard InChI is InChI=1S/C21H28N2O4S/c1-15-12-16(2)21(17(3)13-15)23(28(5,25)26)14-20(24)22-11-10-18-6-8-19(27-4)9-7-18/h6-9,12-13H,10-11,14H2,1-5H3,(H,22,24). The molecule has 28 heavy (non-hydrogen) atoms. The van der Waals surface area contributed by atoms with E-state index in [1.54, 1.807) is 7.11 Å². The molecule has 0 saturated carbocycles. The summed E-state index contributed by atoms with van der Waals surface area (Å²) >= 11 is 0. The third kappa shape index (κ3) is 5.73. The van der Waals surface area contributed by atoms with Crippen molar-refractivity contribution in [3.63, 3.8) is 0 Å². The van der Waals surface area contributed by atoms with Crippen LogP contribution in [0.1, 0.15) is 22.3 Å². The Labute approximate surface area is 167 Å². The molecule has 1 amide bonds. The van der Waals surface area contributed by atoms with Crippen LogP contribution in [0.25, 0.3) is 0 Å². The third-order valence-corrected chi connectivity index (χ3v) is 5.58. The van der Waals surface area contributed by atoms with Crippen molar-refractivity contribution in [2.24, 2.45) is 0 Å². The number of carbonyl (C=O) groups is 1. The van der Waals surface area contributed by atoms with Gasteiger partial charge in [-0.2, -0.15) is 0 Å². The zero-order valence-electron chi connectivity index (χ0n) is 17.1. The van der Waals surface area contributed by atoms with E-state index >= 15 is 0 Å². The fourth-order valence-electron chi connectivity index (χ4n) is 3.25. The Bertz CT molecular complexity index is 914. The molecule has 2 aromatic carbocycles. The van der Waals surface area contributed by atoms with Gasteiger partial charge in [0, 0.05) is 6.54 Å². The van der Waals surface area contributed by atoms with Gasteiger partial charge in [-0.15, -0.1) is 0 Å². The van der Waals surface area contributed by atoms with E-state index in [4.69, 9.17) is 4.74 Å². The quantitative estimate of drug-likeness (QED) is 0.734. The molecule has 1 N–H and O–H groups in total. The topological polar surface area (TPSA) is 75.7 Å². The second-order valence-electron chi connectivity index (χ2n) is 6.96. The van der Waals surface area contributed by atoms with Crippen LogP contribution in [0.4, 0.5) is 5.69 Å². The third-order valence-electron chi connectivity index (χ3n) is 4.47. The number of benzene rings is 2. The Morgan fingerprint density at radius 3 is 2.14 bits per heavy atom. The summed E-state index contributed by atoms with van der Waals surface area (Å²) in [7, 11) is -1.99. The van der Waals surface area contributed by atoms with Crippen LogP contribution >= 0.6 is 0 Å². The fourth-order valence-corrected chi connectivity index (χ4v) is 4.22. The lowest BCUT2D eigenvalue weighted by molar-refractivity contribution is -0.119. The Morgan fingerprint density at radius 2 is 1.64 bits per heavy atom. The van der Waals surface area contributed by atoms with Crippen molar-refractivity contribution in [2.75, 3.05) is 30.8 Å². The number of aryl methyl sites for hydroxylation is 3. The van der Waals surface area contributed by atoms with Gasteiger partial charge in [0.2, 0.25) is 15.9 Å². The minimum Gasteiger partial charge on any atom is -0.497 e. The second-order valence-corrected chi connectivity index (χ2v) is 8.87. The Kier molecular flexibility index (Phi) is 7.07. The van der Waals surface area contributed by atoms with Crippen LogP contribution < -0.4 is 14.4 Å². The molecule has 6 nitrogen and oxygen atoms in total. The van der Waals surface area contributed by atoms with Gasteiger partial charge in [0.1, 0.15) is 12.3 Å². The molecule has 0 heterocycles. The molecular formula is C21H28N2O4S. The summed E-state index contributed by atoms with van der Waals surface area (Å²) in [6.45, 7) is 5.85. The molecule has 2 rings (SSSR count). The van der Waals surface area contributed by atoms with Crippen LogP contribution in [0.3, 0.4) is 0 Å². The lowest BCUT2D eigenvalue weighted by Gasteiger charge is -2.26. The summed E-state index contributed by atoms with van der Waals surface area (Å²) in [5.41, 5.74) is 4.34. The van der Waals surface area contributed by atoms with Crippen LogP contribution in [-0.4, -0.2) is 40.8 Å². The predicted octanol–water partition coefficient (Wildman–Crippen LogP) is 2.75. The van der Waals surface area contributed by atoms with E-state index in [1.165, 1.54) is 4.31 Å². The van der Waals surface area contributed by atoms with E-state index < -0.39 is 10.0 Å². The van der Waals surface area contributed by atoms with Gasteiger partial charge in [-0.1, -0.05) is 29.8 Å². The van der Waals surface area contributed by atoms with Gasteiger partial charge < -0.3 is 10.1 Å². The summed E-state index contributed by atoms with van der Waals surface area (Å²) in [4.78, 5) is 12.4. The molecule has 2 aromatic rings. The zero-order valence-corrected chi connectivity index (χ0v) is 17.9. The number of carbonyl (C=O) groups excluding carboxylic acids is 1. The summed E-state index contributed by atoms with van der Waals surface area (Å²) in [5, 5.41) is 2.81. The van der Waals surface area contributed by atoms with Crippen molar-refractivity contribution < 1.29 is 17.9 Å². The van der Waals surface area contributed by atoms with Crippen LogP contribution in [-0.2, 0) is 21.2 Å². The van der Waals surface area contributed by atoms with Crippen molar-refractivity contribution in [3.05, 3.63) is 58.7 Å². The van der Waals surface area contributed by atoms with Crippen LogP contribution in [0, 0.1) is 20.8 Å². The van der Waals surface area contributed by atoms with Gasteiger partial charge in [0.25, 0.3) is 0 Å². The van der Waals surface area contributed by atoms with E-state index in [2.05, 4.69) is 5.32 Å². The zero-order chi connectivity index (χ0) is 20.9. The molecule has 0 bridgehead atoms. The van der Waals surface area contributed by atoms with E-state index in [9.17, 15) is 13.2 Å². The number of ether oxygens (including phenoxy) is 1. The van der Waals surface area contributed by atoms with Gasteiger partial charge >= 0.3 is 0 Å². The van der Waals surface area contributed by atoms with Crippen LogP contribution in [0.15, 0.2) is 36.4 Å². The molecule has 0 unspecified atom stereocenters. The van der Waals surface area contributed by atoms with Crippen molar-refractivity contribution >= 4 is 21.6 Å². The first-order chi connectivity index (χ1) is 13.1. The molecule has 0 atom stereocenters. The second kappa shape index (κ2) is 9.10. The Balaban J connectivity index is 2.06. The van der Waals surface area contributed by atoms with E-state index in [0.717, 1.165) is 34.3 Å². The van der Waals surface area contributed by atoms with Crippen LogP contribution in [0.2, 0.25) is 0 Å². The molecule has 0 spiro atoms. The predicted molar refractivity (Wildman–Crippen MR) is 113 cm³/mol. The van der Waals surface area contributed by atoms with Gasteiger partial charge in [0.15, 0.2) is 0 Å². The Hall–Kier alpha value is -2.54. The first-order valence-electron chi connectivity index (χ1n) is 9.07. The van der Waals surface area contributed by atoms with Crippen molar-refractivity contribution in [3.8, 4) is 5.75 Å². The smallest absolute Gasteiger partial charge is 0.240 e. The van der Waals surface area contributed by atoms with Crippen LogP contribution in [0.5, 0.6) is 5.75 Å². The minimum atomic E-state index is -3.60. The first kappa shape index (κ1) is 21.8. The number of hydrogen-bond donors (Lipinski definition) is 1. The molecule has 7 heteroatoms. The SMILES string of the molecule is COc1ccc(CCNC(=O)CN(c2c(C)cc(C)cc2C)S(C)(=O)=O)cc1. The molecule has 0 aliphatic heterocycles. The number of methoxy groups -OCH3 is 1. The fraction of sp³-hybridized carbons (Fsp3) is 0.381. The molecule has 0 fully saturated rings. The maximum Gasteiger partial charge on any atom is 0.240 e. The number of nitrogens with one attached hydrogen (secondary N) is 1. The number of nitrogens with zero attached hydrogens (tertiary/aromatic N) is 1. The Morgan fingerprint density at radius 1 is 1.07 bits per heavy atom. The summed E-state index contributed by atoms with van der Waals surface area (Å²) in [6.07, 6.45) is 1.77. The van der Waals surface area contributed by atoms with Crippen molar-refractivity contribution in [1.82, 2.24) is 5.32 Å². The van der Waals surface area contributed by atoms with E-state index in [0.29, 0.717) is 18.7 Å². The monoisotopic (exact) mass is 404 g/mol. The largest absolute Gasteiger partial charge is 0.497 e. The number of sulfonamides is 1. The van der Waals surface area contributed by atoms with E-state index in [-0.39, 0.29) is 12.5 Å². The minimum absolute atomic E-state index is 0.244. The van der Waals surface area contributed by atoms with Crippen molar-refractivity contribution in [1.29, 1.82) is 0 Å². The van der Waals surface area contributed by atoms with Gasteiger partial charge in [-0.05, 0) is 56.0 Å². The highest BCUT2D eigenvalue weighted by molar-refractivity contribution is 7.92. The number of rotatable bonds is 8. The normalized spacial score (nSPS) is 11.2. The molecule has 0 aliphatic carbocycles. The van der Waals surface area contributed by atoms with Gasteiger partial charge in [-0.25, -0.2) is 8.42 Å². The first-order valence-corrected chi connectivity index (χ1v) is 10.9. The number of anilines is 1.